The molecular formula is C16H24N4O3. The maximum atomic E-state index is 12.3. The summed E-state index contributed by atoms with van der Waals surface area (Å²) in [6.07, 6.45) is 5.26. The molecule has 0 aliphatic carbocycles. The number of amides is 2. The Kier molecular flexibility index (Phi) is 5.54. The minimum atomic E-state index is -0.104. The number of ether oxygens (including phenoxy) is 1. The monoisotopic (exact) mass is 320 g/mol. The van der Waals surface area contributed by atoms with Gasteiger partial charge in [0.1, 0.15) is 0 Å². The van der Waals surface area contributed by atoms with Crippen molar-refractivity contribution in [2.24, 2.45) is 13.0 Å². The Labute approximate surface area is 136 Å². The third-order valence-corrected chi connectivity index (χ3v) is 4.19. The first kappa shape index (κ1) is 17.2. The third kappa shape index (κ3) is 4.19. The molecule has 7 nitrogen and oxygen atoms in total. The number of methoxy groups -OCH3 is 1. The van der Waals surface area contributed by atoms with Crippen molar-refractivity contribution in [3.63, 3.8) is 0 Å². The second kappa shape index (κ2) is 7.41. The number of hydrogen-bond acceptors (Lipinski definition) is 4. The van der Waals surface area contributed by atoms with Crippen molar-refractivity contribution in [2.45, 2.75) is 12.5 Å². The minimum Gasteiger partial charge on any atom is -0.379 e. The highest BCUT2D eigenvalue weighted by atomic mass is 16.5. The highest BCUT2D eigenvalue weighted by Crippen LogP contribution is 2.23. The van der Waals surface area contributed by atoms with E-state index >= 15 is 0 Å². The molecule has 2 atom stereocenters. The Bertz CT molecular complexity index is 594. The first-order valence-electron chi connectivity index (χ1n) is 7.60. The lowest BCUT2D eigenvalue weighted by molar-refractivity contribution is -0.130. The van der Waals surface area contributed by atoms with Gasteiger partial charge in [0.05, 0.1) is 11.8 Å². The largest absolute Gasteiger partial charge is 0.379 e. The summed E-state index contributed by atoms with van der Waals surface area (Å²) >= 11 is 0. The molecule has 0 radical (unpaired) electrons. The van der Waals surface area contributed by atoms with Crippen LogP contribution in [0.4, 0.5) is 0 Å². The molecule has 0 N–H and O–H groups in total. The van der Waals surface area contributed by atoms with Gasteiger partial charge in [-0.05, 0) is 12.1 Å². The lowest BCUT2D eigenvalue weighted by Gasteiger charge is -2.18. The molecule has 1 aromatic heterocycles. The Hall–Kier alpha value is -2.15. The van der Waals surface area contributed by atoms with Crippen LogP contribution in [0.1, 0.15) is 12.1 Å². The van der Waals surface area contributed by atoms with Gasteiger partial charge < -0.3 is 14.5 Å². The summed E-state index contributed by atoms with van der Waals surface area (Å²) in [5.41, 5.74) is 0.861. The summed E-state index contributed by atoms with van der Waals surface area (Å²) in [6.45, 7) is 1.04. The number of aromatic nitrogens is 2. The Morgan fingerprint density at radius 2 is 2.17 bits per heavy atom. The van der Waals surface area contributed by atoms with Crippen LogP contribution in [0.3, 0.4) is 0 Å². The van der Waals surface area contributed by atoms with Crippen LogP contribution >= 0.6 is 0 Å². The number of aryl methyl sites for hydroxylation is 1. The molecule has 23 heavy (non-hydrogen) atoms. The molecule has 0 unspecified atom stereocenters. The third-order valence-electron chi connectivity index (χ3n) is 4.19. The number of likely N-dealkylation sites (tertiary alicyclic amines) is 1. The van der Waals surface area contributed by atoms with Gasteiger partial charge in [-0.15, -0.1) is 0 Å². The van der Waals surface area contributed by atoms with Gasteiger partial charge >= 0.3 is 0 Å². The van der Waals surface area contributed by atoms with E-state index < -0.39 is 0 Å². The van der Waals surface area contributed by atoms with Crippen molar-refractivity contribution in [3.8, 4) is 0 Å². The summed E-state index contributed by atoms with van der Waals surface area (Å²) in [5.74, 6) is 0.00813. The van der Waals surface area contributed by atoms with Crippen LogP contribution in [0.2, 0.25) is 0 Å². The van der Waals surface area contributed by atoms with Gasteiger partial charge in [-0.2, -0.15) is 5.10 Å². The quantitative estimate of drug-likeness (QED) is 0.736. The molecule has 0 saturated carbocycles. The molecular weight excluding hydrogens is 296 g/mol. The zero-order valence-electron chi connectivity index (χ0n) is 14.1. The van der Waals surface area contributed by atoms with E-state index in [-0.39, 0.29) is 23.8 Å². The van der Waals surface area contributed by atoms with Crippen molar-refractivity contribution in [1.29, 1.82) is 0 Å². The molecule has 0 aromatic carbocycles. The summed E-state index contributed by atoms with van der Waals surface area (Å²) in [6, 6.07) is 1.84. The van der Waals surface area contributed by atoms with E-state index in [1.165, 1.54) is 0 Å². The van der Waals surface area contributed by atoms with Crippen molar-refractivity contribution in [1.82, 2.24) is 19.6 Å². The minimum absolute atomic E-state index is 0.0314. The molecule has 1 fully saturated rings. The van der Waals surface area contributed by atoms with Crippen LogP contribution in [0, 0.1) is 5.92 Å². The Morgan fingerprint density at radius 3 is 2.74 bits per heavy atom. The number of carbonyl (C=O) groups excluding carboxylic acids is 2. The van der Waals surface area contributed by atoms with Crippen LogP contribution in [0.5, 0.6) is 0 Å². The average molecular weight is 320 g/mol. The molecule has 1 aromatic rings. The first-order valence-corrected chi connectivity index (χ1v) is 7.60. The molecule has 1 aliphatic heterocycles. The Morgan fingerprint density at radius 1 is 1.43 bits per heavy atom. The molecule has 0 spiro atoms. The van der Waals surface area contributed by atoms with E-state index in [9.17, 15) is 9.59 Å². The van der Waals surface area contributed by atoms with Gasteiger partial charge in [-0.25, -0.2) is 0 Å². The van der Waals surface area contributed by atoms with E-state index in [0.29, 0.717) is 19.5 Å². The van der Waals surface area contributed by atoms with Crippen molar-refractivity contribution >= 4 is 17.9 Å². The smallest absolute Gasteiger partial charge is 0.246 e. The fourth-order valence-corrected chi connectivity index (χ4v) is 2.70. The topological polar surface area (TPSA) is 67.7 Å². The standard InChI is InChI=1S/C16H24N4O3/c1-18(2)16(22)9-12-10-20(11-14(12)23-4)15(21)6-5-13-7-8-17-19(13)3/h5-8,12,14H,9-11H2,1-4H3/t12-,14-/m0/s1. The van der Waals surface area contributed by atoms with Gasteiger partial charge in [0, 0.05) is 66.0 Å². The predicted octanol–water partition coefficient (Wildman–Crippen LogP) is 0.385. The highest BCUT2D eigenvalue weighted by Gasteiger charge is 2.36. The van der Waals surface area contributed by atoms with Gasteiger partial charge in [-0.1, -0.05) is 0 Å². The molecule has 1 aliphatic rings. The summed E-state index contributed by atoms with van der Waals surface area (Å²) in [4.78, 5) is 27.5. The molecule has 126 valence electrons. The molecule has 0 bridgehead atoms. The molecule has 2 amide bonds. The van der Waals surface area contributed by atoms with E-state index in [1.807, 2.05) is 13.1 Å². The average Bonchev–Trinajstić information content (AvgIpc) is 3.10. The molecule has 7 heteroatoms. The van der Waals surface area contributed by atoms with Gasteiger partial charge in [0.25, 0.3) is 0 Å². The highest BCUT2D eigenvalue weighted by molar-refractivity contribution is 5.91. The molecule has 2 heterocycles. The zero-order chi connectivity index (χ0) is 17.0. The van der Waals surface area contributed by atoms with E-state index in [0.717, 1.165) is 5.69 Å². The van der Waals surface area contributed by atoms with E-state index in [1.54, 1.807) is 54.0 Å². The normalized spacial score (nSPS) is 21.1. The first-order chi connectivity index (χ1) is 10.9. The SMILES string of the molecule is CO[C@H]1CN(C(=O)C=Cc2ccnn2C)C[C@@H]1CC(=O)N(C)C. The fourth-order valence-electron chi connectivity index (χ4n) is 2.70. The van der Waals surface area contributed by atoms with Crippen molar-refractivity contribution in [3.05, 3.63) is 24.0 Å². The summed E-state index contributed by atoms with van der Waals surface area (Å²) in [5, 5.41) is 4.06. The van der Waals surface area contributed by atoms with E-state index in [4.69, 9.17) is 4.74 Å². The summed E-state index contributed by atoms with van der Waals surface area (Å²) < 4.78 is 7.15. The predicted molar refractivity (Wildman–Crippen MR) is 86.4 cm³/mol. The molecule has 1 saturated heterocycles. The zero-order valence-corrected chi connectivity index (χ0v) is 14.1. The van der Waals surface area contributed by atoms with Gasteiger partial charge in [0.2, 0.25) is 11.8 Å². The van der Waals surface area contributed by atoms with Crippen molar-refractivity contribution < 1.29 is 14.3 Å². The maximum absolute atomic E-state index is 12.3. The van der Waals surface area contributed by atoms with Gasteiger partial charge in [-0.3, -0.25) is 14.3 Å². The second-order valence-corrected chi connectivity index (χ2v) is 5.98. The van der Waals surface area contributed by atoms with Crippen LogP contribution in [-0.2, 0) is 21.4 Å². The fraction of sp³-hybridized carbons (Fsp3) is 0.562. The van der Waals surface area contributed by atoms with Crippen molar-refractivity contribution in [2.75, 3.05) is 34.3 Å². The second-order valence-electron chi connectivity index (χ2n) is 5.98. The van der Waals surface area contributed by atoms with Crippen LogP contribution < -0.4 is 0 Å². The lowest BCUT2D eigenvalue weighted by atomic mass is 10.0. The van der Waals surface area contributed by atoms with Crippen LogP contribution in [-0.4, -0.2) is 71.8 Å². The lowest BCUT2D eigenvalue weighted by Crippen LogP contribution is -2.29. The summed E-state index contributed by atoms with van der Waals surface area (Å²) in [7, 11) is 6.92. The van der Waals surface area contributed by atoms with Crippen LogP contribution in [0.15, 0.2) is 18.3 Å². The van der Waals surface area contributed by atoms with Crippen LogP contribution in [0.25, 0.3) is 6.08 Å². The number of hydrogen-bond donors (Lipinski definition) is 0. The maximum Gasteiger partial charge on any atom is 0.246 e. The molecule has 2 rings (SSSR count). The Balaban J connectivity index is 1.98. The number of carbonyl (C=O) groups is 2. The number of nitrogens with zero attached hydrogens (tertiary/aromatic N) is 4. The van der Waals surface area contributed by atoms with E-state index in [2.05, 4.69) is 5.10 Å². The van der Waals surface area contributed by atoms with Gasteiger partial charge in [0.15, 0.2) is 0 Å². The number of rotatable bonds is 5.